The van der Waals surface area contributed by atoms with Gasteiger partial charge in [-0.05, 0) is 0 Å². The summed E-state index contributed by atoms with van der Waals surface area (Å²) in [5, 5.41) is 134. The van der Waals surface area contributed by atoms with Crippen molar-refractivity contribution in [2.24, 2.45) is 0 Å². The number of carbonyl (C=O) groups is 6. The van der Waals surface area contributed by atoms with E-state index in [1.165, 1.54) is 0 Å². The van der Waals surface area contributed by atoms with Crippen LogP contribution in [-0.2, 0) is 57.2 Å². The second kappa shape index (κ2) is 19.1. The molecule has 0 aromatic rings. The number of aliphatic carboxylic acids is 2. The Kier molecular flexibility index (Phi) is 15.6. The Morgan fingerprint density at radius 3 is 1.68 bits per heavy atom. The molecule has 18 atom stereocenters. The summed E-state index contributed by atoms with van der Waals surface area (Å²) in [7, 11) is 0. The van der Waals surface area contributed by atoms with Crippen molar-refractivity contribution in [2.75, 3.05) is 19.8 Å². The molecule has 0 aliphatic carbocycles. The van der Waals surface area contributed by atoms with Gasteiger partial charge >= 0.3 is 17.9 Å². The van der Waals surface area contributed by atoms with Crippen LogP contribution in [0.2, 0.25) is 0 Å². The zero-order valence-electron chi connectivity index (χ0n) is 32.2. The van der Waals surface area contributed by atoms with Gasteiger partial charge in [-0.25, -0.2) is 14.4 Å². The molecule has 15 N–H and O–H groups in total. The molecule has 27 nitrogen and oxygen atoms in total. The Morgan fingerprint density at radius 1 is 0.700 bits per heavy atom. The van der Waals surface area contributed by atoms with E-state index in [0.29, 0.717) is 0 Å². The molecule has 0 bridgehead atoms. The number of aliphatic hydroxyl groups is 10. The lowest BCUT2D eigenvalue weighted by Crippen LogP contribution is -2.72. The summed E-state index contributed by atoms with van der Waals surface area (Å²) in [5.74, 6) is -17.1. The van der Waals surface area contributed by atoms with Gasteiger partial charge in [-0.2, -0.15) is 0 Å². The fraction of sp³-hybridized carbons (Fsp3) is 0.818. The van der Waals surface area contributed by atoms with Gasteiger partial charge in [-0.1, -0.05) is 0 Å². The number of rotatable bonds is 15. The van der Waals surface area contributed by atoms with Crippen molar-refractivity contribution in [3.8, 4) is 0 Å². The largest absolute Gasteiger partial charge is 0.477 e. The molecule has 0 radical (unpaired) electrons. The van der Waals surface area contributed by atoms with Crippen molar-refractivity contribution in [3.63, 3.8) is 0 Å². The van der Waals surface area contributed by atoms with Crippen molar-refractivity contribution < 1.29 is 118 Å². The van der Waals surface area contributed by atoms with Gasteiger partial charge in [0, 0.05) is 40.0 Å². The molecule has 1 spiro atoms. The third-order valence-corrected chi connectivity index (χ3v) is 10.4. The summed E-state index contributed by atoms with van der Waals surface area (Å²) in [5.41, 5.74) is 0. The first kappa shape index (κ1) is 48.9. The Bertz CT molecular complexity index is 1610. The van der Waals surface area contributed by atoms with Crippen molar-refractivity contribution in [1.82, 2.24) is 16.0 Å². The molecule has 27 heteroatoms. The molecule has 4 rings (SSSR count). The second-order valence-corrected chi connectivity index (χ2v) is 15.0. The van der Waals surface area contributed by atoms with E-state index in [1.54, 1.807) is 0 Å². The van der Waals surface area contributed by atoms with Crippen LogP contribution in [0.5, 0.6) is 0 Å². The molecule has 0 aromatic carbocycles. The van der Waals surface area contributed by atoms with Crippen LogP contribution in [0, 0.1) is 0 Å². The molecule has 0 aromatic heterocycles. The molecule has 4 saturated heterocycles. The normalized spacial score (nSPS) is 39.6. The van der Waals surface area contributed by atoms with Crippen LogP contribution >= 0.6 is 0 Å². The fourth-order valence-corrected chi connectivity index (χ4v) is 7.57. The first-order valence-electron chi connectivity index (χ1n) is 18.4. The van der Waals surface area contributed by atoms with Crippen LogP contribution < -0.4 is 16.0 Å². The monoisotopic (exact) mass is 873 g/mol. The third-order valence-electron chi connectivity index (χ3n) is 10.4. The van der Waals surface area contributed by atoms with Crippen LogP contribution in [0.25, 0.3) is 0 Å². The zero-order chi connectivity index (χ0) is 45.2. The number of amides is 3. The van der Waals surface area contributed by atoms with Crippen LogP contribution in [0.3, 0.4) is 0 Å². The summed E-state index contributed by atoms with van der Waals surface area (Å²) in [4.78, 5) is 74.3. The lowest BCUT2D eigenvalue weighted by Gasteiger charge is -2.52. The minimum absolute atomic E-state index is 0.798. The first-order valence-corrected chi connectivity index (χ1v) is 18.4. The number of hydrogen-bond donors (Lipinski definition) is 15. The van der Waals surface area contributed by atoms with Crippen LogP contribution in [0.4, 0.5) is 0 Å². The van der Waals surface area contributed by atoms with E-state index < -0.39 is 183 Å². The maximum absolute atomic E-state index is 13.5. The maximum Gasteiger partial charge on any atom is 0.367 e. The van der Waals surface area contributed by atoms with Gasteiger partial charge < -0.3 is 106 Å². The van der Waals surface area contributed by atoms with Gasteiger partial charge in [-0.15, -0.1) is 0 Å². The second-order valence-electron chi connectivity index (χ2n) is 15.0. The summed E-state index contributed by atoms with van der Waals surface area (Å²) in [6.45, 7) is -0.389. The summed E-state index contributed by atoms with van der Waals surface area (Å²) < 4.78 is 33.2. The fourth-order valence-electron chi connectivity index (χ4n) is 7.57. The predicted molar refractivity (Wildman–Crippen MR) is 184 cm³/mol. The number of ether oxygens (including phenoxy) is 6. The number of cyclic esters (lactones) is 1. The minimum atomic E-state index is -3.17. The van der Waals surface area contributed by atoms with Crippen LogP contribution in [0.15, 0.2) is 0 Å². The van der Waals surface area contributed by atoms with Gasteiger partial charge in [0.1, 0.15) is 61.5 Å². The van der Waals surface area contributed by atoms with Gasteiger partial charge in [0.2, 0.25) is 17.7 Å². The number of esters is 1. The lowest BCUT2D eigenvalue weighted by atomic mass is 9.86. The molecular formula is C33H51N3O24. The minimum Gasteiger partial charge on any atom is -0.477 e. The highest BCUT2D eigenvalue weighted by Crippen LogP contribution is 2.41. The molecule has 4 heterocycles. The number of hydrogen-bond acceptors (Lipinski definition) is 22. The summed E-state index contributed by atoms with van der Waals surface area (Å²) in [6.07, 6.45) is -28.2. The van der Waals surface area contributed by atoms with E-state index in [1.807, 2.05) is 0 Å². The van der Waals surface area contributed by atoms with E-state index >= 15 is 0 Å². The number of carboxylic acids is 2. The van der Waals surface area contributed by atoms with Gasteiger partial charge in [0.05, 0.1) is 49.7 Å². The molecule has 0 saturated carbocycles. The molecule has 342 valence electrons. The van der Waals surface area contributed by atoms with Crippen LogP contribution in [-0.4, -0.2) is 225 Å². The number of carbonyl (C=O) groups excluding carboxylic acids is 4. The zero-order valence-corrected chi connectivity index (χ0v) is 32.2. The SMILES string of the molecule is CC(=O)N[C@H]1[C@H]([C@H](O)[C@H](O)CO)O[C@@](O[C@H](CO)[C@@H](O)[C@@H]2O[C@@]3(C[C@H](O)[C@H]2NC(C)=O)O[C@@H]([C@@H](O)[C@@H]2O[C@](O)(C(=O)O)C[C@H](O)[C@H]2NC(C)=O)COC3=O)(C(=O)O)C[C@@H]1O. The number of aliphatic hydroxyl groups excluding tert-OH is 9. The third kappa shape index (κ3) is 10.1. The smallest absolute Gasteiger partial charge is 0.367 e. The predicted octanol–water partition coefficient (Wildman–Crippen LogP) is -9.04. The van der Waals surface area contributed by atoms with Crippen molar-refractivity contribution >= 4 is 35.6 Å². The molecule has 4 fully saturated rings. The Balaban J connectivity index is 1.70. The van der Waals surface area contributed by atoms with Gasteiger partial charge in [0.15, 0.2) is 0 Å². The Labute approximate surface area is 338 Å². The van der Waals surface area contributed by atoms with E-state index in [-0.39, 0.29) is 0 Å². The number of nitrogens with one attached hydrogen (secondary N) is 3. The molecule has 4 aliphatic rings. The average Bonchev–Trinajstić information content (AvgIpc) is 3.16. The van der Waals surface area contributed by atoms with E-state index in [2.05, 4.69) is 16.0 Å². The molecule has 0 unspecified atom stereocenters. The van der Waals surface area contributed by atoms with Gasteiger partial charge in [0.25, 0.3) is 17.4 Å². The maximum atomic E-state index is 13.5. The van der Waals surface area contributed by atoms with E-state index in [4.69, 9.17) is 28.4 Å². The lowest BCUT2D eigenvalue weighted by molar-refractivity contribution is -0.366. The Morgan fingerprint density at radius 2 is 1.20 bits per heavy atom. The van der Waals surface area contributed by atoms with Crippen molar-refractivity contribution in [2.45, 2.75) is 149 Å². The standard InChI is InChI=1S/C33H51N3O24/c1-10(39)34-19-13(42)4-31(54,28(49)50)58-26(19)24(48)18-9-55-30(53)33(57-18)6-15(44)21(36-12(3)41)27(60-33)23(47)17(8-38)56-32(29(51)52)5-14(43)20(35-11(2)40)25(59-32)22(46)16(45)7-37/h13-27,37-38,42-48,54H,4-9H2,1-3H3,(H,34,39)(H,35,40)(H,36,41)(H,49,50)(H,51,52)/t13-,14-,15-,16+,17+,18+,19+,20+,21+,22+,23+,24+,25+,26+,27+,31-,32+,33+/m0/s1. The first-order chi connectivity index (χ1) is 27.8. The van der Waals surface area contributed by atoms with E-state index in [0.717, 1.165) is 20.8 Å². The quantitative estimate of drug-likeness (QED) is 0.0679. The summed E-state index contributed by atoms with van der Waals surface area (Å²) in [6, 6.07) is -5.01. The molecule has 4 aliphatic heterocycles. The molecule has 3 amide bonds. The average molecular weight is 874 g/mol. The molecule has 60 heavy (non-hydrogen) atoms. The Hall–Kier alpha value is -3.78. The van der Waals surface area contributed by atoms with Crippen LogP contribution in [0.1, 0.15) is 40.0 Å². The van der Waals surface area contributed by atoms with E-state index in [9.17, 15) is 90.0 Å². The topological polar surface area (TPSA) is 437 Å². The highest BCUT2D eigenvalue weighted by molar-refractivity contribution is 5.79. The highest BCUT2D eigenvalue weighted by Gasteiger charge is 2.63. The highest BCUT2D eigenvalue weighted by atomic mass is 16.8. The van der Waals surface area contributed by atoms with Gasteiger partial charge in [-0.3, -0.25) is 14.4 Å². The van der Waals surface area contributed by atoms with Crippen molar-refractivity contribution in [1.29, 1.82) is 0 Å². The number of carboxylic acid groups (broad SMARTS) is 2. The molecular weight excluding hydrogens is 822 g/mol. The van der Waals surface area contributed by atoms with Crippen molar-refractivity contribution in [3.05, 3.63) is 0 Å². The summed E-state index contributed by atoms with van der Waals surface area (Å²) >= 11 is 0.